The Labute approximate surface area is 167 Å². The standard InChI is InChI=1S/C17H17F3N6O2S/c1-9(27)29-8-12(17(18,19)20)16(28)22-14(15-23-25-26-24-15)6-10-7-21-13-5-3-2-4-11(10)13/h2-5,7,12,14,21H,6,8H2,1H3,(H,22,28)(H,23,24,25,26). The fourth-order valence-corrected chi connectivity index (χ4v) is 3.58. The number of nitrogens with one attached hydrogen (secondary N) is 3. The molecule has 3 rings (SSSR count). The van der Waals surface area contributed by atoms with E-state index in [1.165, 1.54) is 0 Å². The van der Waals surface area contributed by atoms with Gasteiger partial charge in [-0.05, 0) is 22.1 Å². The van der Waals surface area contributed by atoms with Crippen LogP contribution in [0.3, 0.4) is 0 Å². The molecule has 2 atom stereocenters. The Morgan fingerprint density at radius 3 is 2.69 bits per heavy atom. The molecule has 2 heterocycles. The molecule has 0 saturated carbocycles. The van der Waals surface area contributed by atoms with E-state index in [4.69, 9.17) is 0 Å². The van der Waals surface area contributed by atoms with Gasteiger partial charge in [0, 0.05) is 36.2 Å². The number of rotatable bonds is 7. The van der Waals surface area contributed by atoms with Gasteiger partial charge in [-0.2, -0.15) is 13.2 Å². The van der Waals surface area contributed by atoms with E-state index in [1.807, 2.05) is 24.3 Å². The fourth-order valence-electron chi connectivity index (χ4n) is 2.84. The number of carbonyl (C=O) groups excluding carboxylic acids is 2. The van der Waals surface area contributed by atoms with Gasteiger partial charge in [-0.25, -0.2) is 5.10 Å². The predicted octanol–water partition coefficient (Wildman–Crippen LogP) is 2.54. The van der Waals surface area contributed by atoms with Gasteiger partial charge in [-0.1, -0.05) is 30.0 Å². The highest BCUT2D eigenvalue weighted by molar-refractivity contribution is 8.13. The van der Waals surface area contributed by atoms with Gasteiger partial charge < -0.3 is 10.3 Å². The van der Waals surface area contributed by atoms with Crippen molar-refractivity contribution in [2.75, 3.05) is 5.75 Å². The maximum atomic E-state index is 13.4. The van der Waals surface area contributed by atoms with Crippen molar-refractivity contribution in [2.24, 2.45) is 5.92 Å². The van der Waals surface area contributed by atoms with Crippen LogP contribution in [0.2, 0.25) is 0 Å². The van der Waals surface area contributed by atoms with Crippen molar-refractivity contribution in [3.05, 3.63) is 41.9 Å². The Bertz CT molecular complexity index is 989. The van der Waals surface area contributed by atoms with Crippen LogP contribution in [0.15, 0.2) is 30.5 Å². The normalized spacial score (nSPS) is 13.9. The van der Waals surface area contributed by atoms with E-state index in [1.54, 1.807) is 6.20 Å². The van der Waals surface area contributed by atoms with E-state index in [0.717, 1.165) is 23.4 Å². The summed E-state index contributed by atoms with van der Waals surface area (Å²) in [7, 11) is 0. The van der Waals surface area contributed by atoms with Gasteiger partial charge in [0.1, 0.15) is 5.92 Å². The first kappa shape index (κ1) is 20.8. The second kappa shape index (κ2) is 8.64. The summed E-state index contributed by atoms with van der Waals surface area (Å²) in [6.07, 6.45) is -2.91. The maximum absolute atomic E-state index is 13.4. The molecule has 2 unspecified atom stereocenters. The molecule has 0 aliphatic rings. The molecular formula is C17H17F3N6O2S. The van der Waals surface area contributed by atoms with Crippen molar-refractivity contribution >= 4 is 33.7 Å². The van der Waals surface area contributed by atoms with E-state index < -0.39 is 34.9 Å². The minimum absolute atomic E-state index is 0.128. The molecule has 2 aromatic heterocycles. The van der Waals surface area contributed by atoms with Gasteiger partial charge in [0.15, 0.2) is 10.9 Å². The Balaban J connectivity index is 1.83. The number of thioether (sulfide) groups is 1. The topological polar surface area (TPSA) is 116 Å². The van der Waals surface area contributed by atoms with E-state index in [-0.39, 0.29) is 12.2 Å². The monoisotopic (exact) mass is 426 g/mol. The highest BCUT2D eigenvalue weighted by atomic mass is 32.2. The third kappa shape index (κ3) is 5.13. The van der Waals surface area contributed by atoms with E-state index in [0.29, 0.717) is 11.8 Å². The van der Waals surface area contributed by atoms with Crippen molar-refractivity contribution in [1.29, 1.82) is 0 Å². The summed E-state index contributed by atoms with van der Waals surface area (Å²) in [4.78, 5) is 26.6. The summed E-state index contributed by atoms with van der Waals surface area (Å²) in [5, 5.41) is 15.9. The van der Waals surface area contributed by atoms with Gasteiger partial charge in [0.2, 0.25) is 5.91 Å². The van der Waals surface area contributed by atoms with Crippen LogP contribution in [-0.2, 0) is 16.0 Å². The Kier molecular flexibility index (Phi) is 6.20. The lowest BCUT2D eigenvalue weighted by Gasteiger charge is -2.22. The average molecular weight is 426 g/mol. The number of aromatic nitrogens is 5. The van der Waals surface area contributed by atoms with Gasteiger partial charge in [-0.15, -0.1) is 5.10 Å². The second-order valence-electron chi connectivity index (χ2n) is 6.31. The first-order valence-corrected chi connectivity index (χ1v) is 9.53. The maximum Gasteiger partial charge on any atom is 0.401 e. The minimum Gasteiger partial charge on any atom is -0.361 e. The van der Waals surface area contributed by atoms with Crippen molar-refractivity contribution in [2.45, 2.75) is 25.6 Å². The van der Waals surface area contributed by atoms with E-state index in [9.17, 15) is 22.8 Å². The van der Waals surface area contributed by atoms with Crippen molar-refractivity contribution < 1.29 is 22.8 Å². The molecular weight excluding hydrogens is 409 g/mol. The van der Waals surface area contributed by atoms with Crippen LogP contribution in [0.4, 0.5) is 13.2 Å². The van der Waals surface area contributed by atoms with Crippen LogP contribution in [0, 0.1) is 5.92 Å². The van der Waals surface area contributed by atoms with Crippen molar-refractivity contribution in [1.82, 2.24) is 30.9 Å². The number of alkyl halides is 3. The first-order chi connectivity index (χ1) is 13.8. The van der Waals surface area contributed by atoms with Crippen LogP contribution in [-0.4, -0.2) is 48.6 Å². The molecule has 3 N–H and O–H groups in total. The molecule has 0 radical (unpaired) electrons. The SMILES string of the molecule is CC(=O)SCC(C(=O)NC(Cc1c[nH]c2ccccc12)c1nnn[nH]1)C(F)(F)F. The lowest BCUT2D eigenvalue weighted by molar-refractivity contribution is -0.178. The number of carbonyl (C=O) groups is 2. The average Bonchev–Trinajstić information content (AvgIpc) is 3.30. The van der Waals surface area contributed by atoms with E-state index in [2.05, 4.69) is 30.9 Å². The predicted molar refractivity (Wildman–Crippen MR) is 99.7 cm³/mol. The number of nitrogens with zero attached hydrogens (tertiary/aromatic N) is 3. The number of benzene rings is 1. The minimum atomic E-state index is -4.79. The van der Waals surface area contributed by atoms with Crippen molar-refractivity contribution in [3.8, 4) is 0 Å². The summed E-state index contributed by atoms with van der Waals surface area (Å²) in [5.41, 5.74) is 1.64. The molecule has 154 valence electrons. The van der Waals surface area contributed by atoms with Gasteiger partial charge >= 0.3 is 6.18 Å². The molecule has 0 spiro atoms. The molecule has 0 fully saturated rings. The summed E-state index contributed by atoms with van der Waals surface area (Å²) in [6.45, 7) is 1.15. The number of para-hydroxylation sites is 1. The number of tetrazole rings is 1. The number of halogens is 3. The summed E-state index contributed by atoms with van der Waals surface area (Å²) in [6, 6.07) is 6.50. The number of fused-ring (bicyclic) bond motifs is 1. The Morgan fingerprint density at radius 2 is 2.03 bits per heavy atom. The fraction of sp³-hybridized carbons (Fsp3) is 0.353. The summed E-state index contributed by atoms with van der Waals surface area (Å²) >= 11 is 0.454. The van der Waals surface area contributed by atoms with Gasteiger partial charge in [0.05, 0.1) is 6.04 Å². The zero-order valence-corrected chi connectivity index (χ0v) is 16.0. The number of hydrogen-bond donors (Lipinski definition) is 3. The first-order valence-electron chi connectivity index (χ1n) is 8.54. The quantitative estimate of drug-likeness (QED) is 0.535. The third-order valence-electron chi connectivity index (χ3n) is 4.27. The van der Waals surface area contributed by atoms with Crippen LogP contribution in [0.1, 0.15) is 24.4 Å². The molecule has 3 aromatic rings. The molecule has 0 saturated heterocycles. The summed E-state index contributed by atoms with van der Waals surface area (Å²) in [5.74, 6) is -4.15. The highest BCUT2D eigenvalue weighted by Crippen LogP contribution is 2.31. The number of amides is 1. The molecule has 0 aliphatic heterocycles. The third-order valence-corrected chi connectivity index (χ3v) is 5.18. The van der Waals surface area contributed by atoms with Crippen LogP contribution in [0.25, 0.3) is 10.9 Å². The number of H-pyrrole nitrogens is 2. The Morgan fingerprint density at radius 1 is 1.28 bits per heavy atom. The molecule has 29 heavy (non-hydrogen) atoms. The zero-order chi connectivity index (χ0) is 21.0. The van der Waals surface area contributed by atoms with Gasteiger partial charge in [-0.3, -0.25) is 9.59 Å². The molecule has 1 aromatic carbocycles. The molecule has 0 bridgehead atoms. The molecule has 0 aliphatic carbocycles. The lowest BCUT2D eigenvalue weighted by atomic mass is 10.0. The Hall–Kier alpha value is -2.89. The second-order valence-corrected chi connectivity index (χ2v) is 7.50. The largest absolute Gasteiger partial charge is 0.401 e. The van der Waals surface area contributed by atoms with Crippen molar-refractivity contribution in [3.63, 3.8) is 0 Å². The van der Waals surface area contributed by atoms with Crippen LogP contribution in [0.5, 0.6) is 0 Å². The molecule has 12 heteroatoms. The number of hydrogen-bond acceptors (Lipinski definition) is 6. The van der Waals surface area contributed by atoms with E-state index >= 15 is 0 Å². The molecule has 8 nitrogen and oxygen atoms in total. The summed E-state index contributed by atoms with van der Waals surface area (Å²) < 4.78 is 40.1. The smallest absolute Gasteiger partial charge is 0.361 e. The van der Waals surface area contributed by atoms with Crippen LogP contribution >= 0.6 is 11.8 Å². The van der Waals surface area contributed by atoms with Gasteiger partial charge in [0.25, 0.3) is 0 Å². The number of aromatic amines is 2. The van der Waals surface area contributed by atoms with Crippen LogP contribution < -0.4 is 5.32 Å². The highest BCUT2D eigenvalue weighted by Gasteiger charge is 2.45. The lowest BCUT2D eigenvalue weighted by Crippen LogP contribution is -2.43. The zero-order valence-electron chi connectivity index (χ0n) is 15.2. The molecule has 1 amide bonds.